The molecule has 0 spiro atoms. The van der Waals surface area contributed by atoms with Gasteiger partial charge >= 0.3 is 6.03 Å². The Morgan fingerprint density at radius 1 is 1.12 bits per heavy atom. The average Bonchev–Trinajstić information content (AvgIpc) is 2.22. The van der Waals surface area contributed by atoms with E-state index in [9.17, 15) is 4.79 Å². The Hall–Kier alpha value is -0.770. The molecule has 17 heavy (non-hydrogen) atoms. The molecule has 0 aliphatic heterocycles. The molecule has 0 saturated heterocycles. The molecular weight excluding hydrogens is 214 g/mol. The zero-order chi connectivity index (χ0) is 12.8. The number of rotatable bonds is 4. The minimum Gasteiger partial charge on any atom is -0.337 e. The van der Waals surface area contributed by atoms with E-state index in [1.54, 1.807) is 19.0 Å². The molecular formula is C13H27N3O. The van der Waals surface area contributed by atoms with Crippen LogP contribution < -0.4 is 10.6 Å². The SMILES string of the molecule is CC1CC(C)CC(NCCNC(=O)N(C)C)C1. The first-order valence-corrected chi connectivity index (χ1v) is 6.67. The van der Waals surface area contributed by atoms with Gasteiger partial charge in [-0.05, 0) is 31.1 Å². The van der Waals surface area contributed by atoms with Crippen molar-refractivity contribution in [1.82, 2.24) is 15.5 Å². The van der Waals surface area contributed by atoms with Crippen LogP contribution in [-0.4, -0.2) is 44.2 Å². The number of amides is 2. The van der Waals surface area contributed by atoms with Crippen LogP contribution in [0.2, 0.25) is 0 Å². The van der Waals surface area contributed by atoms with Gasteiger partial charge in [-0.1, -0.05) is 13.8 Å². The molecule has 0 bridgehead atoms. The monoisotopic (exact) mass is 241 g/mol. The van der Waals surface area contributed by atoms with E-state index in [1.165, 1.54) is 19.3 Å². The van der Waals surface area contributed by atoms with Crippen molar-refractivity contribution in [2.75, 3.05) is 27.2 Å². The molecule has 0 aromatic heterocycles. The third kappa shape index (κ3) is 5.39. The lowest BCUT2D eigenvalue weighted by molar-refractivity contribution is 0.215. The molecule has 2 unspecified atom stereocenters. The molecule has 2 N–H and O–H groups in total. The smallest absolute Gasteiger partial charge is 0.316 e. The normalized spacial score (nSPS) is 28.8. The van der Waals surface area contributed by atoms with Crippen LogP contribution in [0.25, 0.3) is 0 Å². The number of hydrogen-bond donors (Lipinski definition) is 2. The van der Waals surface area contributed by atoms with E-state index in [0.29, 0.717) is 12.6 Å². The molecule has 0 heterocycles. The molecule has 1 saturated carbocycles. The quantitative estimate of drug-likeness (QED) is 0.735. The summed E-state index contributed by atoms with van der Waals surface area (Å²) in [6, 6.07) is 0.613. The number of carbonyl (C=O) groups excluding carboxylic acids is 1. The van der Waals surface area contributed by atoms with Gasteiger partial charge in [-0.15, -0.1) is 0 Å². The molecule has 4 nitrogen and oxygen atoms in total. The number of urea groups is 1. The average molecular weight is 241 g/mol. The molecule has 0 aromatic rings. The fraction of sp³-hybridized carbons (Fsp3) is 0.923. The molecule has 0 radical (unpaired) electrons. The standard InChI is InChI=1S/C13H27N3O/c1-10-7-11(2)9-12(8-10)14-5-6-15-13(17)16(3)4/h10-12,14H,5-9H2,1-4H3,(H,15,17). The molecule has 100 valence electrons. The predicted octanol–water partition coefficient (Wildman–Crippen LogP) is 1.67. The maximum absolute atomic E-state index is 11.3. The van der Waals surface area contributed by atoms with Crippen molar-refractivity contribution < 1.29 is 4.79 Å². The van der Waals surface area contributed by atoms with Gasteiger partial charge < -0.3 is 15.5 Å². The molecule has 0 aromatic carbocycles. The molecule has 1 rings (SSSR count). The van der Waals surface area contributed by atoms with Crippen LogP contribution in [0.1, 0.15) is 33.1 Å². The van der Waals surface area contributed by atoms with E-state index in [4.69, 9.17) is 0 Å². The first-order chi connectivity index (χ1) is 7.99. The highest BCUT2D eigenvalue weighted by Gasteiger charge is 2.23. The second kappa shape index (κ2) is 6.84. The highest BCUT2D eigenvalue weighted by atomic mass is 16.2. The molecule has 4 heteroatoms. The molecule has 1 aliphatic carbocycles. The van der Waals surface area contributed by atoms with E-state index in [1.807, 2.05) is 0 Å². The van der Waals surface area contributed by atoms with Gasteiger partial charge in [0.15, 0.2) is 0 Å². The Bertz CT molecular complexity index is 233. The second-order valence-electron chi connectivity index (χ2n) is 5.69. The summed E-state index contributed by atoms with van der Waals surface area (Å²) in [4.78, 5) is 12.8. The first kappa shape index (κ1) is 14.3. The van der Waals surface area contributed by atoms with Gasteiger partial charge in [0.2, 0.25) is 0 Å². The summed E-state index contributed by atoms with van der Waals surface area (Å²) in [5, 5.41) is 6.41. The van der Waals surface area contributed by atoms with Crippen molar-refractivity contribution in [2.24, 2.45) is 11.8 Å². The van der Waals surface area contributed by atoms with Crippen LogP contribution in [0.4, 0.5) is 4.79 Å². The Balaban J connectivity index is 2.12. The lowest BCUT2D eigenvalue weighted by Crippen LogP contribution is -2.42. The fourth-order valence-corrected chi connectivity index (χ4v) is 2.72. The molecule has 2 amide bonds. The topological polar surface area (TPSA) is 44.4 Å². The van der Waals surface area contributed by atoms with Crippen molar-refractivity contribution in [3.05, 3.63) is 0 Å². The third-order valence-electron chi connectivity index (χ3n) is 3.42. The van der Waals surface area contributed by atoms with E-state index >= 15 is 0 Å². The van der Waals surface area contributed by atoms with Gasteiger partial charge in [0, 0.05) is 33.2 Å². The minimum absolute atomic E-state index is 0.0165. The molecule has 1 aliphatic rings. The van der Waals surface area contributed by atoms with Gasteiger partial charge in [0.25, 0.3) is 0 Å². The van der Waals surface area contributed by atoms with Crippen molar-refractivity contribution in [3.8, 4) is 0 Å². The van der Waals surface area contributed by atoms with E-state index < -0.39 is 0 Å². The van der Waals surface area contributed by atoms with Crippen LogP contribution in [-0.2, 0) is 0 Å². The summed E-state index contributed by atoms with van der Waals surface area (Å²) in [7, 11) is 3.51. The fourth-order valence-electron chi connectivity index (χ4n) is 2.72. The Morgan fingerprint density at radius 3 is 2.24 bits per heavy atom. The Kier molecular flexibility index (Phi) is 5.75. The summed E-state index contributed by atoms with van der Waals surface area (Å²) >= 11 is 0. The van der Waals surface area contributed by atoms with Gasteiger partial charge in [0.05, 0.1) is 0 Å². The van der Waals surface area contributed by atoms with Crippen molar-refractivity contribution in [3.63, 3.8) is 0 Å². The number of carbonyl (C=O) groups is 1. The zero-order valence-electron chi connectivity index (χ0n) is 11.6. The summed E-state index contributed by atoms with van der Waals surface area (Å²) in [6.45, 7) is 6.23. The van der Waals surface area contributed by atoms with Crippen LogP contribution in [0.3, 0.4) is 0 Å². The van der Waals surface area contributed by atoms with Crippen LogP contribution >= 0.6 is 0 Å². The van der Waals surface area contributed by atoms with Crippen molar-refractivity contribution >= 4 is 6.03 Å². The van der Waals surface area contributed by atoms with Gasteiger partial charge in [-0.25, -0.2) is 4.79 Å². The summed E-state index contributed by atoms with van der Waals surface area (Å²) in [6.07, 6.45) is 3.90. The summed E-state index contributed by atoms with van der Waals surface area (Å²) in [5.41, 5.74) is 0. The minimum atomic E-state index is -0.0165. The predicted molar refractivity (Wildman–Crippen MR) is 71.1 cm³/mol. The second-order valence-corrected chi connectivity index (χ2v) is 5.69. The van der Waals surface area contributed by atoms with Crippen LogP contribution in [0.5, 0.6) is 0 Å². The summed E-state index contributed by atoms with van der Waals surface area (Å²) < 4.78 is 0. The maximum atomic E-state index is 11.3. The lowest BCUT2D eigenvalue weighted by Gasteiger charge is -2.32. The first-order valence-electron chi connectivity index (χ1n) is 6.67. The van der Waals surface area contributed by atoms with Gasteiger partial charge in [0.1, 0.15) is 0 Å². The third-order valence-corrected chi connectivity index (χ3v) is 3.42. The van der Waals surface area contributed by atoms with Crippen LogP contribution in [0.15, 0.2) is 0 Å². The highest BCUT2D eigenvalue weighted by Crippen LogP contribution is 2.28. The van der Waals surface area contributed by atoms with Crippen molar-refractivity contribution in [1.29, 1.82) is 0 Å². The molecule has 1 fully saturated rings. The Labute approximate surface area is 105 Å². The van der Waals surface area contributed by atoms with E-state index in [-0.39, 0.29) is 6.03 Å². The van der Waals surface area contributed by atoms with Crippen LogP contribution in [0, 0.1) is 11.8 Å². The maximum Gasteiger partial charge on any atom is 0.316 e. The van der Waals surface area contributed by atoms with E-state index in [2.05, 4.69) is 24.5 Å². The number of nitrogens with one attached hydrogen (secondary N) is 2. The van der Waals surface area contributed by atoms with E-state index in [0.717, 1.165) is 18.4 Å². The van der Waals surface area contributed by atoms with Gasteiger partial charge in [-0.2, -0.15) is 0 Å². The van der Waals surface area contributed by atoms with Gasteiger partial charge in [-0.3, -0.25) is 0 Å². The van der Waals surface area contributed by atoms with Crippen molar-refractivity contribution in [2.45, 2.75) is 39.2 Å². The zero-order valence-corrected chi connectivity index (χ0v) is 11.6. The number of hydrogen-bond acceptors (Lipinski definition) is 2. The Morgan fingerprint density at radius 2 is 1.71 bits per heavy atom. The molecule has 2 atom stereocenters. The highest BCUT2D eigenvalue weighted by molar-refractivity contribution is 5.73. The number of nitrogens with zero attached hydrogens (tertiary/aromatic N) is 1. The largest absolute Gasteiger partial charge is 0.337 e. The summed E-state index contributed by atoms with van der Waals surface area (Å²) in [5.74, 6) is 1.65. The lowest BCUT2D eigenvalue weighted by atomic mass is 9.80.